The number of benzene rings is 1. The van der Waals surface area contributed by atoms with Gasteiger partial charge in [-0.2, -0.15) is 23.1 Å². The van der Waals surface area contributed by atoms with E-state index in [1.807, 2.05) is 30.4 Å². The van der Waals surface area contributed by atoms with Crippen molar-refractivity contribution in [1.29, 1.82) is 0 Å². The Morgan fingerprint density at radius 3 is 2.72 bits per heavy atom. The molecule has 1 aliphatic carbocycles. The average molecular weight is 450 g/mol. The topological polar surface area (TPSA) is 117 Å². The minimum atomic E-state index is -4.52. The zero-order chi connectivity index (χ0) is 22.9. The molecule has 1 aromatic carbocycles. The van der Waals surface area contributed by atoms with Gasteiger partial charge in [-0.15, -0.1) is 0 Å². The molecule has 2 aromatic rings. The highest BCUT2D eigenvalue weighted by atomic mass is 19.4. The third kappa shape index (κ3) is 4.53. The van der Waals surface area contributed by atoms with Crippen molar-refractivity contribution in [3.63, 3.8) is 0 Å². The maximum Gasteiger partial charge on any atom is 0.405 e. The maximum atomic E-state index is 12.5. The smallest absolute Gasteiger partial charge is 0.405 e. The van der Waals surface area contributed by atoms with Crippen LogP contribution in [0.3, 0.4) is 0 Å². The van der Waals surface area contributed by atoms with Crippen LogP contribution >= 0.6 is 0 Å². The van der Waals surface area contributed by atoms with Gasteiger partial charge in [0.2, 0.25) is 17.7 Å². The lowest BCUT2D eigenvalue weighted by atomic mass is 9.76. The van der Waals surface area contributed by atoms with Gasteiger partial charge in [0.25, 0.3) is 5.91 Å². The summed E-state index contributed by atoms with van der Waals surface area (Å²) in [6.45, 7) is 0.385. The first-order valence-corrected chi connectivity index (χ1v) is 9.95. The molecular weight excluding hydrogens is 429 g/mol. The lowest BCUT2D eigenvalue weighted by Crippen LogP contribution is -2.58. The van der Waals surface area contributed by atoms with E-state index in [4.69, 9.17) is 4.74 Å². The number of ether oxygens (including phenoxy) is 1. The van der Waals surface area contributed by atoms with E-state index >= 15 is 0 Å². The molecule has 0 saturated heterocycles. The van der Waals surface area contributed by atoms with Gasteiger partial charge in [-0.05, 0) is 43.9 Å². The number of fused-ring (bicyclic) bond motifs is 1. The molecule has 12 heteroatoms. The van der Waals surface area contributed by atoms with Crippen LogP contribution in [0.2, 0.25) is 0 Å². The molecule has 4 N–H and O–H groups in total. The molecule has 0 spiro atoms. The van der Waals surface area contributed by atoms with Crippen molar-refractivity contribution in [2.45, 2.75) is 37.9 Å². The van der Waals surface area contributed by atoms with Crippen LogP contribution in [0, 0.1) is 6.92 Å². The molecular formula is C20H21F3N6O3. The van der Waals surface area contributed by atoms with Gasteiger partial charge in [-0.25, -0.2) is 0 Å². The molecule has 0 atom stereocenters. The molecule has 4 rings (SSSR count). The molecule has 0 unspecified atom stereocenters. The fraction of sp³-hybridized carbons (Fsp3) is 0.400. The number of carbonyl (C=O) groups is 2. The number of alkyl halides is 3. The van der Waals surface area contributed by atoms with Crippen LogP contribution in [-0.4, -0.2) is 46.8 Å². The number of halogens is 3. The summed E-state index contributed by atoms with van der Waals surface area (Å²) in [6.07, 6.45) is -3.22. The Bertz CT molecular complexity index is 1060. The highest BCUT2D eigenvalue weighted by Crippen LogP contribution is 2.37. The molecule has 32 heavy (non-hydrogen) atoms. The summed E-state index contributed by atoms with van der Waals surface area (Å²) in [4.78, 5) is 33.5. The van der Waals surface area contributed by atoms with Crippen LogP contribution in [0.25, 0.3) is 0 Å². The predicted molar refractivity (Wildman–Crippen MR) is 109 cm³/mol. The third-order valence-electron chi connectivity index (χ3n) is 5.27. The molecule has 170 valence electrons. The largest absolute Gasteiger partial charge is 0.456 e. The second-order valence-electron chi connectivity index (χ2n) is 7.72. The van der Waals surface area contributed by atoms with E-state index in [0.29, 0.717) is 24.9 Å². The zero-order valence-electron chi connectivity index (χ0n) is 17.1. The van der Waals surface area contributed by atoms with Crippen molar-refractivity contribution >= 4 is 29.3 Å². The van der Waals surface area contributed by atoms with E-state index in [-0.39, 0.29) is 29.9 Å². The number of carbonyl (C=O) groups excluding carboxylic acids is 2. The second-order valence-corrected chi connectivity index (χ2v) is 7.72. The minimum absolute atomic E-state index is 0.00609. The van der Waals surface area contributed by atoms with Crippen molar-refractivity contribution in [3.8, 4) is 5.88 Å². The van der Waals surface area contributed by atoms with Gasteiger partial charge < -0.3 is 26.0 Å². The Hall–Kier alpha value is -3.57. The summed E-state index contributed by atoms with van der Waals surface area (Å²) >= 11 is 0. The number of aryl methyl sites for hydroxylation is 1. The van der Waals surface area contributed by atoms with Crippen molar-refractivity contribution in [2.24, 2.45) is 0 Å². The molecule has 2 aliphatic rings. The highest BCUT2D eigenvalue weighted by molar-refractivity contribution is 6.02. The fourth-order valence-electron chi connectivity index (χ4n) is 3.52. The maximum absolute atomic E-state index is 12.5. The Labute approximate surface area is 181 Å². The number of nitrogens with one attached hydrogen (secondary N) is 4. The van der Waals surface area contributed by atoms with E-state index in [0.717, 1.165) is 5.56 Å². The van der Waals surface area contributed by atoms with Crippen LogP contribution in [-0.2, 0) is 4.79 Å². The summed E-state index contributed by atoms with van der Waals surface area (Å²) in [6, 6.07) is 7.37. The van der Waals surface area contributed by atoms with Gasteiger partial charge >= 0.3 is 6.18 Å². The highest BCUT2D eigenvalue weighted by Gasteiger charge is 2.46. The first-order chi connectivity index (χ1) is 15.2. The second kappa shape index (κ2) is 8.17. The van der Waals surface area contributed by atoms with Crippen LogP contribution in [0.4, 0.5) is 30.6 Å². The minimum Gasteiger partial charge on any atom is -0.456 e. The Morgan fingerprint density at radius 2 is 2.06 bits per heavy atom. The van der Waals surface area contributed by atoms with E-state index in [2.05, 4.69) is 25.9 Å². The standard InChI is InChI=1S/C20H21F3N6O3/c1-11-4-2-5-12(8-11)26-14-13-15(30)25-10-32-16(13)28-18(27-14)29-19(6-3-7-19)17(31)24-9-20(21,22)23/h2,4-5,8H,3,6-7,9-10H2,1H3,(H,24,31)(H,25,30)(H2,26,27,28,29). The van der Waals surface area contributed by atoms with Crippen molar-refractivity contribution in [1.82, 2.24) is 20.6 Å². The monoisotopic (exact) mass is 450 g/mol. The lowest BCUT2D eigenvalue weighted by molar-refractivity contribution is -0.142. The number of hydrogen-bond donors (Lipinski definition) is 4. The summed E-state index contributed by atoms with van der Waals surface area (Å²) in [7, 11) is 0. The molecule has 0 bridgehead atoms. The first-order valence-electron chi connectivity index (χ1n) is 9.95. The van der Waals surface area contributed by atoms with E-state index in [9.17, 15) is 22.8 Å². The van der Waals surface area contributed by atoms with Crippen molar-refractivity contribution in [2.75, 3.05) is 23.9 Å². The molecule has 0 radical (unpaired) electrons. The number of nitrogens with zero attached hydrogens (tertiary/aromatic N) is 2. The Balaban J connectivity index is 1.64. The molecule has 2 heterocycles. The quantitative estimate of drug-likeness (QED) is 0.535. The van der Waals surface area contributed by atoms with E-state index < -0.39 is 30.1 Å². The Kier molecular flexibility index (Phi) is 5.53. The van der Waals surface area contributed by atoms with Crippen LogP contribution in [0.5, 0.6) is 5.88 Å². The summed E-state index contributed by atoms with van der Waals surface area (Å²) in [5.41, 5.74) is 0.465. The normalized spacial score (nSPS) is 16.7. The number of amides is 2. The number of anilines is 3. The average Bonchev–Trinajstić information content (AvgIpc) is 2.68. The van der Waals surface area contributed by atoms with Crippen molar-refractivity contribution < 1.29 is 27.5 Å². The third-order valence-corrected chi connectivity index (χ3v) is 5.27. The first kappa shape index (κ1) is 21.7. The molecule has 1 fully saturated rings. The van der Waals surface area contributed by atoms with Gasteiger partial charge in [0.1, 0.15) is 17.6 Å². The predicted octanol–water partition coefficient (Wildman–Crippen LogP) is 2.62. The molecule has 2 amide bonds. The SMILES string of the molecule is Cc1cccc(Nc2nc(NC3(C(=O)NCC(F)(F)F)CCC3)nc3c2C(=O)NCO3)c1. The fourth-order valence-corrected chi connectivity index (χ4v) is 3.52. The van der Waals surface area contributed by atoms with E-state index in [1.54, 1.807) is 6.07 Å². The number of rotatable bonds is 6. The zero-order valence-corrected chi connectivity index (χ0v) is 17.1. The lowest BCUT2D eigenvalue weighted by Gasteiger charge is -2.41. The van der Waals surface area contributed by atoms with Crippen LogP contribution in [0.15, 0.2) is 24.3 Å². The molecule has 1 aromatic heterocycles. The van der Waals surface area contributed by atoms with E-state index in [1.165, 1.54) is 0 Å². The molecule has 9 nitrogen and oxygen atoms in total. The van der Waals surface area contributed by atoms with Gasteiger partial charge in [-0.3, -0.25) is 9.59 Å². The van der Waals surface area contributed by atoms with Gasteiger partial charge in [0.15, 0.2) is 12.5 Å². The van der Waals surface area contributed by atoms with Crippen LogP contribution < -0.4 is 26.0 Å². The summed E-state index contributed by atoms with van der Waals surface area (Å²) in [5, 5.41) is 10.4. The van der Waals surface area contributed by atoms with Crippen LogP contribution in [0.1, 0.15) is 35.2 Å². The van der Waals surface area contributed by atoms with Crippen molar-refractivity contribution in [3.05, 3.63) is 35.4 Å². The number of hydrogen-bond acceptors (Lipinski definition) is 7. The van der Waals surface area contributed by atoms with Gasteiger partial charge in [0.05, 0.1) is 0 Å². The molecule has 1 saturated carbocycles. The van der Waals surface area contributed by atoms with Gasteiger partial charge in [-0.1, -0.05) is 12.1 Å². The Morgan fingerprint density at radius 1 is 1.28 bits per heavy atom. The summed E-state index contributed by atoms with van der Waals surface area (Å²) in [5.74, 6) is -1.10. The van der Waals surface area contributed by atoms with Gasteiger partial charge in [0, 0.05) is 5.69 Å². The summed E-state index contributed by atoms with van der Waals surface area (Å²) < 4.78 is 43.1. The molecule has 1 aliphatic heterocycles. The number of aromatic nitrogens is 2.